The topological polar surface area (TPSA) is 59.0 Å². The Hall–Kier alpha value is -1.63. The van der Waals surface area contributed by atoms with E-state index in [1.165, 1.54) is 25.0 Å². The number of rotatable bonds is 7. The summed E-state index contributed by atoms with van der Waals surface area (Å²) >= 11 is 5.68. The standard InChI is InChI=1S/C16H18ClFN4O.ClH/c17-13-4-3-12(7-14(13)18)10-22-15(5-6-20-22)21-16(23)9-19-8-11-1-2-11;/h3-7,11,19H,1-2,8-10H2,(H,21,23);1H. The first-order valence-corrected chi connectivity index (χ1v) is 7.96. The SMILES string of the molecule is Cl.O=C(CNCC1CC1)Nc1ccnn1Cc1ccc(Cl)c(F)c1. The van der Waals surface area contributed by atoms with E-state index in [9.17, 15) is 9.18 Å². The minimum atomic E-state index is -0.466. The highest BCUT2D eigenvalue weighted by Gasteiger charge is 2.20. The van der Waals surface area contributed by atoms with Crippen LogP contribution in [0, 0.1) is 11.7 Å². The van der Waals surface area contributed by atoms with Crippen LogP contribution in [0.15, 0.2) is 30.5 Å². The quantitative estimate of drug-likeness (QED) is 0.784. The van der Waals surface area contributed by atoms with E-state index in [-0.39, 0.29) is 29.9 Å². The van der Waals surface area contributed by atoms with Crippen molar-refractivity contribution in [3.8, 4) is 0 Å². The Morgan fingerprint density at radius 2 is 2.17 bits per heavy atom. The number of amides is 1. The first kappa shape index (κ1) is 18.7. The van der Waals surface area contributed by atoms with Crippen molar-refractivity contribution in [1.82, 2.24) is 15.1 Å². The van der Waals surface area contributed by atoms with Crippen LogP contribution in [0.2, 0.25) is 5.02 Å². The van der Waals surface area contributed by atoms with Gasteiger partial charge in [-0.3, -0.25) is 4.79 Å². The summed E-state index contributed by atoms with van der Waals surface area (Å²) in [6, 6.07) is 6.32. The van der Waals surface area contributed by atoms with E-state index in [1.807, 2.05) is 0 Å². The van der Waals surface area contributed by atoms with Crippen LogP contribution in [0.25, 0.3) is 0 Å². The van der Waals surface area contributed by atoms with Crippen LogP contribution < -0.4 is 10.6 Å². The van der Waals surface area contributed by atoms with Crippen molar-refractivity contribution >= 4 is 35.7 Å². The lowest BCUT2D eigenvalue weighted by molar-refractivity contribution is -0.115. The Kier molecular flexibility index (Phi) is 6.60. The maximum Gasteiger partial charge on any atom is 0.239 e. The molecule has 0 radical (unpaired) electrons. The van der Waals surface area contributed by atoms with Crippen LogP contribution in [0.1, 0.15) is 18.4 Å². The summed E-state index contributed by atoms with van der Waals surface area (Å²) in [5.41, 5.74) is 0.720. The van der Waals surface area contributed by atoms with Crippen molar-refractivity contribution in [2.75, 3.05) is 18.4 Å². The van der Waals surface area contributed by atoms with Gasteiger partial charge in [-0.2, -0.15) is 5.10 Å². The summed E-state index contributed by atoms with van der Waals surface area (Å²) in [4.78, 5) is 11.9. The molecule has 1 heterocycles. The van der Waals surface area contributed by atoms with E-state index >= 15 is 0 Å². The largest absolute Gasteiger partial charge is 0.310 e. The average molecular weight is 373 g/mol. The molecule has 2 N–H and O–H groups in total. The van der Waals surface area contributed by atoms with Gasteiger partial charge in [0.1, 0.15) is 11.6 Å². The molecule has 1 amide bonds. The normalized spacial score (nSPS) is 13.4. The van der Waals surface area contributed by atoms with Gasteiger partial charge < -0.3 is 10.6 Å². The summed E-state index contributed by atoms with van der Waals surface area (Å²) in [5.74, 6) is 0.729. The molecular formula is C16H19Cl2FN4O. The first-order chi connectivity index (χ1) is 11.1. The maximum atomic E-state index is 13.5. The van der Waals surface area contributed by atoms with Crippen LogP contribution in [-0.2, 0) is 11.3 Å². The number of benzene rings is 1. The number of aromatic nitrogens is 2. The second kappa shape index (κ2) is 8.46. The predicted molar refractivity (Wildman–Crippen MR) is 94.2 cm³/mol. The van der Waals surface area contributed by atoms with Crippen LogP contribution >= 0.6 is 24.0 Å². The second-order valence-electron chi connectivity index (χ2n) is 5.75. The Morgan fingerprint density at radius 3 is 2.88 bits per heavy atom. The third-order valence-electron chi connectivity index (χ3n) is 3.72. The molecule has 1 aromatic heterocycles. The summed E-state index contributed by atoms with van der Waals surface area (Å²) in [6.07, 6.45) is 4.09. The molecular weight excluding hydrogens is 354 g/mol. The zero-order chi connectivity index (χ0) is 16.2. The smallest absolute Gasteiger partial charge is 0.239 e. The molecule has 0 unspecified atom stereocenters. The zero-order valence-electron chi connectivity index (χ0n) is 13.0. The van der Waals surface area contributed by atoms with E-state index in [0.29, 0.717) is 12.4 Å². The molecule has 1 aromatic carbocycles. The molecule has 0 bridgehead atoms. The van der Waals surface area contributed by atoms with Gasteiger partial charge in [0, 0.05) is 6.07 Å². The molecule has 0 spiro atoms. The number of anilines is 1. The summed E-state index contributed by atoms with van der Waals surface area (Å²) in [6.45, 7) is 1.51. The van der Waals surface area contributed by atoms with E-state index in [1.54, 1.807) is 23.0 Å². The third kappa shape index (κ3) is 5.19. The minimum absolute atomic E-state index is 0. The van der Waals surface area contributed by atoms with Gasteiger partial charge in [0.15, 0.2) is 0 Å². The van der Waals surface area contributed by atoms with Gasteiger partial charge in [0.25, 0.3) is 0 Å². The Bertz CT molecular complexity index is 703. The van der Waals surface area contributed by atoms with Crippen LogP contribution in [0.3, 0.4) is 0 Å². The number of halogens is 3. The molecule has 1 fully saturated rings. The average Bonchev–Trinajstić information content (AvgIpc) is 3.24. The molecule has 8 heteroatoms. The first-order valence-electron chi connectivity index (χ1n) is 7.58. The summed E-state index contributed by atoms with van der Waals surface area (Å²) < 4.78 is 15.1. The van der Waals surface area contributed by atoms with Gasteiger partial charge >= 0.3 is 0 Å². The van der Waals surface area contributed by atoms with E-state index in [4.69, 9.17) is 11.6 Å². The fourth-order valence-electron chi connectivity index (χ4n) is 2.27. The molecule has 0 aliphatic heterocycles. The molecule has 1 aliphatic rings. The number of carbonyl (C=O) groups excluding carboxylic acids is 1. The zero-order valence-corrected chi connectivity index (χ0v) is 14.5. The van der Waals surface area contributed by atoms with Gasteiger partial charge in [-0.25, -0.2) is 9.07 Å². The molecule has 0 atom stereocenters. The fourth-order valence-corrected chi connectivity index (χ4v) is 2.39. The van der Waals surface area contributed by atoms with Gasteiger partial charge in [-0.15, -0.1) is 12.4 Å². The molecule has 0 saturated heterocycles. The Labute approximate surface area is 151 Å². The number of nitrogens with one attached hydrogen (secondary N) is 2. The molecule has 1 aliphatic carbocycles. The lowest BCUT2D eigenvalue weighted by atomic mass is 10.2. The lowest BCUT2D eigenvalue weighted by Gasteiger charge is -2.10. The highest BCUT2D eigenvalue weighted by atomic mass is 35.5. The highest BCUT2D eigenvalue weighted by molar-refractivity contribution is 6.30. The molecule has 1 saturated carbocycles. The Morgan fingerprint density at radius 1 is 1.38 bits per heavy atom. The van der Waals surface area contributed by atoms with Crippen molar-refractivity contribution in [2.45, 2.75) is 19.4 Å². The van der Waals surface area contributed by atoms with Gasteiger partial charge in [0.05, 0.1) is 24.3 Å². The number of nitrogens with zero attached hydrogens (tertiary/aromatic N) is 2. The fraction of sp³-hybridized carbons (Fsp3) is 0.375. The van der Waals surface area contributed by atoms with Crippen molar-refractivity contribution in [3.63, 3.8) is 0 Å². The highest BCUT2D eigenvalue weighted by Crippen LogP contribution is 2.27. The monoisotopic (exact) mass is 372 g/mol. The predicted octanol–water partition coefficient (Wildman–Crippen LogP) is 3.08. The number of hydrogen-bond acceptors (Lipinski definition) is 3. The summed E-state index contributed by atoms with van der Waals surface area (Å²) in [7, 11) is 0. The third-order valence-corrected chi connectivity index (χ3v) is 4.02. The van der Waals surface area contributed by atoms with Crippen molar-refractivity contribution in [2.24, 2.45) is 5.92 Å². The summed E-state index contributed by atoms with van der Waals surface area (Å²) in [5, 5.41) is 10.2. The molecule has 130 valence electrons. The number of hydrogen-bond donors (Lipinski definition) is 2. The molecule has 2 aromatic rings. The van der Waals surface area contributed by atoms with Gasteiger partial charge in [0.2, 0.25) is 5.91 Å². The van der Waals surface area contributed by atoms with Crippen LogP contribution in [-0.4, -0.2) is 28.8 Å². The second-order valence-corrected chi connectivity index (χ2v) is 6.15. The van der Waals surface area contributed by atoms with E-state index in [0.717, 1.165) is 18.0 Å². The van der Waals surface area contributed by atoms with E-state index < -0.39 is 5.82 Å². The minimum Gasteiger partial charge on any atom is -0.310 e. The van der Waals surface area contributed by atoms with Crippen molar-refractivity contribution in [1.29, 1.82) is 0 Å². The van der Waals surface area contributed by atoms with Crippen LogP contribution in [0.4, 0.5) is 10.2 Å². The lowest BCUT2D eigenvalue weighted by Crippen LogP contribution is -2.30. The van der Waals surface area contributed by atoms with Crippen molar-refractivity contribution in [3.05, 3.63) is 46.9 Å². The van der Waals surface area contributed by atoms with Crippen LogP contribution in [0.5, 0.6) is 0 Å². The van der Waals surface area contributed by atoms with Crippen molar-refractivity contribution < 1.29 is 9.18 Å². The number of carbonyl (C=O) groups is 1. The molecule has 3 rings (SSSR count). The van der Waals surface area contributed by atoms with Gasteiger partial charge in [-0.1, -0.05) is 17.7 Å². The maximum absolute atomic E-state index is 13.5. The van der Waals surface area contributed by atoms with Gasteiger partial charge in [-0.05, 0) is 43.0 Å². The van der Waals surface area contributed by atoms with E-state index in [2.05, 4.69) is 15.7 Å². The molecule has 24 heavy (non-hydrogen) atoms. The molecule has 5 nitrogen and oxygen atoms in total. The Balaban J connectivity index is 0.00000208.